The van der Waals surface area contributed by atoms with E-state index in [0.717, 1.165) is 16.7 Å². The van der Waals surface area contributed by atoms with Gasteiger partial charge in [0.1, 0.15) is 19.1 Å². The summed E-state index contributed by atoms with van der Waals surface area (Å²) in [7, 11) is -6.41. The van der Waals surface area contributed by atoms with Gasteiger partial charge in [0.15, 0.2) is 0 Å². The van der Waals surface area contributed by atoms with E-state index in [4.69, 9.17) is 4.74 Å². The Balaban J connectivity index is 1.27. The van der Waals surface area contributed by atoms with Crippen molar-refractivity contribution in [2.24, 2.45) is 0 Å². The molecule has 0 saturated carbocycles. The van der Waals surface area contributed by atoms with Gasteiger partial charge in [0.2, 0.25) is 0 Å². The highest BCUT2D eigenvalue weighted by Crippen LogP contribution is 2.45. The number of hydrogen-bond donors (Lipinski definition) is 8. The SMILES string of the molecule is O=C(OCc1ccc(CN2CC(O)NS2(O)O)cc1)c1ccc(CN2CC(O)NS2(O)O)cc1. The number of aliphatic hydroxyl groups is 2. The number of rotatable bonds is 7. The van der Waals surface area contributed by atoms with E-state index in [1.165, 1.54) is 8.61 Å². The maximum absolute atomic E-state index is 12.4. The minimum Gasteiger partial charge on any atom is -0.457 e. The molecule has 2 aromatic carbocycles. The molecule has 2 atom stereocenters. The molecule has 0 bridgehead atoms. The molecule has 188 valence electrons. The predicted octanol–water partition coefficient (Wildman–Crippen LogP) is 1.65. The van der Waals surface area contributed by atoms with Gasteiger partial charge < -0.3 is 14.9 Å². The largest absolute Gasteiger partial charge is 0.457 e. The lowest BCUT2D eigenvalue weighted by Gasteiger charge is -2.35. The van der Waals surface area contributed by atoms with Gasteiger partial charge in [-0.2, -0.15) is 18.1 Å². The molecule has 0 spiro atoms. The van der Waals surface area contributed by atoms with Crippen molar-refractivity contribution >= 4 is 27.9 Å². The molecule has 12 nitrogen and oxygen atoms in total. The van der Waals surface area contributed by atoms with E-state index in [9.17, 15) is 33.2 Å². The Morgan fingerprint density at radius 3 is 1.62 bits per heavy atom. The molecule has 2 aliphatic rings. The third kappa shape index (κ3) is 6.06. The van der Waals surface area contributed by atoms with Gasteiger partial charge in [-0.05, 0) is 28.8 Å². The summed E-state index contributed by atoms with van der Waals surface area (Å²) in [6.45, 7) is 0.650. The van der Waals surface area contributed by atoms with Crippen LogP contribution < -0.4 is 9.44 Å². The molecule has 2 fully saturated rings. The van der Waals surface area contributed by atoms with Gasteiger partial charge in [0.25, 0.3) is 0 Å². The normalized spacial score (nSPS) is 26.3. The number of nitrogens with zero attached hydrogens (tertiary/aromatic N) is 2. The molecule has 2 heterocycles. The smallest absolute Gasteiger partial charge is 0.338 e. The molecule has 0 radical (unpaired) electrons. The molecule has 2 saturated heterocycles. The van der Waals surface area contributed by atoms with E-state index in [2.05, 4.69) is 9.44 Å². The molecular formula is C20H28N4O8S2. The molecule has 4 rings (SSSR count). The topological polar surface area (TPSA) is 178 Å². The summed E-state index contributed by atoms with van der Waals surface area (Å²) in [5.74, 6) is -0.510. The number of benzene rings is 2. The maximum atomic E-state index is 12.4. The molecule has 34 heavy (non-hydrogen) atoms. The van der Waals surface area contributed by atoms with Crippen LogP contribution in [0.5, 0.6) is 0 Å². The number of esters is 1. The fraction of sp³-hybridized carbons (Fsp3) is 0.350. The second-order valence-corrected chi connectivity index (χ2v) is 11.6. The summed E-state index contributed by atoms with van der Waals surface area (Å²) in [6, 6.07) is 13.6. The van der Waals surface area contributed by atoms with E-state index < -0.39 is 40.3 Å². The fourth-order valence-electron chi connectivity index (χ4n) is 3.62. The van der Waals surface area contributed by atoms with Crippen LogP contribution in [0.25, 0.3) is 0 Å². The Bertz CT molecular complexity index is 1010. The highest BCUT2D eigenvalue weighted by atomic mass is 32.3. The number of aliphatic hydroxyl groups excluding tert-OH is 2. The van der Waals surface area contributed by atoms with Gasteiger partial charge >= 0.3 is 5.97 Å². The zero-order valence-electron chi connectivity index (χ0n) is 18.0. The molecule has 2 unspecified atom stereocenters. The van der Waals surface area contributed by atoms with Gasteiger partial charge in [0.05, 0.1) is 18.7 Å². The molecule has 0 amide bonds. The standard InChI is InChI=1S/C20H28N4O8S2/c25-18-11-23(33(28,29)21-18)9-14-1-3-16(4-2-14)13-32-20(27)17-7-5-15(6-8-17)10-24-12-19(26)22-34(24,30)31/h1-8,18-19,21-22,25-26,28-31H,9-13H2. The molecule has 0 aromatic heterocycles. The van der Waals surface area contributed by atoms with Crippen molar-refractivity contribution < 1.29 is 38.0 Å². The second kappa shape index (κ2) is 10.1. The van der Waals surface area contributed by atoms with Crippen molar-refractivity contribution in [3.63, 3.8) is 0 Å². The van der Waals surface area contributed by atoms with Crippen LogP contribution in [0.4, 0.5) is 0 Å². The van der Waals surface area contributed by atoms with Crippen LogP contribution in [0.15, 0.2) is 48.5 Å². The van der Waals surface area contributed by atoms with Crippen LogP contribution in [-0.4, -0.2) is 68.5 Å². The number of nitrogens with one attached hydrogen (secondary N) is 2. The second-order valence-electron chi connectivity index (χ2n) is 8.04. The monoisotopic (exact) mass is 516 g/mol. The predicted molar refractivity (Wildman–Crippen MR) is 127 cm³/mol. The van der Waals surface area contributed by atoms with E-state index in [1.54, 1.807) is 48.5 Å². The average Bonchev–Trinajstić information content (AvgIpc) is 3.18. The van der Waals surface area contributed by atoms with Gasteiger partial charge in [-0.25, -0.2) is 4.79 Å². The average molecular weight is 517 g/mol. The van der Waals surface area contributed by atoms with Crippen LogP contribution in [0.1, 0.15) is 27.0 Å². The summed E-state index contributed by atoms with van der Waals surface area (Å²) in [6.07, 6.45) is -2.01. The van der Waals surface area contributed by atoms with E-state index in [1.807, 2.05) is 0 Å². The highest BCUT2D eigenvalue weighted by molar-refractivity contribution is 8.21. The zero-order chi connectivity index (χ0) is 24.5. The number of carbonyl (C=O) groups is 1. The third-order valence-electron chi connectivity index (χ3n) is 5.36. The van der Waals surface area contributed by atoms with Crippen molar-refractivity contribution in [2.45, 2.75) is 32.2 Å². The molecular weight excluding hydrogens is 488 g/mol. The summed E-state index contributed by atoms with van der Waals surface area (Å²) < 4.78 is 52.4. The lowest BCUT2D eigenvalue weighted by atomic mass is 10.1. The summed E-state index contributed by atoms with van der Waals surface area (Å²) in [5.41, 5.74) is 2.64. The fourth-order valence-corrected chi connectivity index (χ4v) is 6.15. The Hall–Kier alpha value is -1.79. The minimum absolute atomic E-state index is 0.0538. The van der Waals surface area contributed by atoms with Crippen LogP contribution in [-0.2, 0) is 24.4 Å². The number of carbonyl (C=O) groups excluding carboxylic acids is 1. The lowest BCUT2D eigenvalue weighted by molar-refractivity contribution is 0.0472. The Morgan fingerprint density at radius 1 is 0.794 bits per heavy atom. The maximum Gasteiger partial charge on any atom is 0.338 e. The number of ether oxygens (including phenoxy) is 1. The quantitative estimate of drug-likeness (QED) is 0.250. The highest BCUT2D eigenvalue weighted by Gasteiger charge is 2.35. The van der Waals surface area contributed by atoms with E-state index in [0.29, 0.717) is 5.56 Å². The zero-order valence-corrected chi connectivity index (χ0v) is 19.7. The molecule has 2 aliphatic heterocycles. The first-order chi connectivity index (χ1) is 16.0. The van der Waals surface area contributed by atoms with Gasteiger partial charge in [0, 0.05) is 13.1 Å². The van der Waals surface area contributed by atoms with Crippen molar-refractivity contribution in [1.29, 1.82) is 0 Å². The Labute approximate surface area is 200 Å². The Morgan fingerprint density at radius 2 is 1.21 bits per heavy atom. The molecule has 0 aliphatic carbocycles. The van der Waals surface area contributed by atoms with Crippen LogP contribution in [0.2, 0.25) is 0 Å². The van der Waals surface area contributed by atoms with Crippen molar-refractivity contribution in [1.82, 2.24) is 18.1 Å². The molecule has 2 aromatic rings. The lowest BCUT2D eigenvalue weighted by Crippen LogP contribution is -2.25. The number of hydrogen-bond acceptors (Lipinski definition) is 12. The van der Waals surface area contributed by atoms with Crippen LogP contribution in [0.3, 0.4) is 0 Å². The van der Waals surface area contributed by atoms with E-state index in [-0.39, 0.29) is 32.8 Å². The van der Waals surface area contributed by atoms with E-state index >= 15 is 0 Å². The summed E-state index contributed by atoms with van der Waals surface area (Å²) >= 11 is 0. The first kappa shape index (κ1) is 25.3. The van der Waals surface area contributed by atoms with Crippen molar-refractivity contribution in [3.05, 3.63) is 70.8 Å². The van der Waals surface area contributed by atoms with Crippen LogP contribution >= 0.6 is 21.9 Å². The van der Waals surface area contributed by atoms with Gasteiger partial charge in [-0.15, -0.1) is 0 Å². The first-order valence-corrected chi connectivity index (χ1v) is 13.3. The molecule has 14 heteroatoms. The van der Waals surface area contributed by atoms with Crippen molar-refractivity contribution in [3.8, 4) is 0 Å². The summed E-state index contributed by atoms with van der Waals surface area (Å²) in [4.78, 5) is 12.4. The first-order valence-electron chi connectivity index (χ1n) is 10.3. The Kier molecular flexibility index (Phi) is 7.49. The van der Waals surface area contributed by atoms with Crippen LogP contribution in [0, 0.1) is 0 Å². The number of β-amino-alcohol motifs (C(OH)–C–C–N with tert-alkyl or cyclic N) is 2. The van der Waals surface area contributed by atoms with Crippen molar-refractivity contribution in [2.75, 3.05) is 13.1 Å². The van der Waals surface area contributed by atoms with Gasteiger partial charge in [-0.1, -0.05) is 58.3 Å². The molecule has 8 N–H and O–H groups in total. The minimum atomic E-state index is -3.22. The summed E-state index contributed by atoms with van der Waals surface area (Å²) in [5, 5.41) is 19.1. The van der Waals surface area contributed by atoms with Gasteiger partial charge in [-0.3, -0.25) is 18.2 Å². The third-order valence-corrected chi connectivity index (χ3v) is 8.54.